The fraction of sp³-hybridized carbons (Fsp3) is 0.929. The first-order chi connectivity index (χ1) is 8.16. The molecular weight excluding hydrogens is 212 g/mol. The van der Waals surface area contributed by atoms with Crippen LogP contribution in [0.15, 0.2) is 0 Å². The van der Waals surface area contributed by atoms with Crippen LogP contribution in [0.5, 0.6) is 0 Å². The Morgan fingerprint density at radius 1 is 1.24 bits per heavy atom. The van der Waals surface area contributed by atoms with Crippen LogP contribution in [-0.2, 0) is 4.79 Å². The molecule has 3 nitrogen and oxygen atoms in total. The maximum absolute atomic E-state index is 12.0. The number of piperazine rings is 1. The molecule has 0 spiro atoms. The number of likely N-dealkylation sites (N-methyl/N-ethyl adjacent to an activating group) is 1. The fourth-order valence-electron chi connectivity index (χ4n) is 3.16. The molecule has 1 saturated carbocycles. The highest BCUT2D eigenvalue weighted by molar-refractivity contribution is 5.81. The van der Waals surface area contributed by atoms with Gasteiger partial charge in [0.1, 0.15) is 5.78 Å². The van der Waals surface area contributed by atoms with Crippen LogP contribution >= 0.6 is 0 Å². The summed E-state index contributed by atoms with van der Waals surface area (Å²) in [6.07, 6.45) is 5.57. The van der Waals surface area contributed by atoms with Gasteiger partial charge in [0.25, 0.3) is 0 Å². The van der Waals surface area contributed by atoms with Crippen LogP contribution in [-0.4, -0.2) is 54.9 Å². The Balaban J connectivity index is 1.88. The van der Waals surface area contributed by atoms with Crippen molar-refractivity contribution >= 4 is 5.78 Å². The Bertz CT molecular complexity index is 267. The van der Waals surface area contributed by atoms with Gasteiger partial charge in [0, 0.05) is 44.6 Å². The molecule has 2 aliphatic rings. The quantitative estimate of drug-likeness (QED) is 0.685. The standard InChI is InChI=1S/C14H26N2O/c1-12-10-15(2)8-9-16(12)11-13-6-4-3-5-7-14(13)17/h12-13H,3-11H2,1-2H3. The number of carbonyl (C=O) groups excluding carboxylic acids is 1. The Morgan fingerprint density at radius 3 is 2.82 bits per heavy atom. The minimum atomic E-state index is 0.323. The summed E-state index contributed by atoms with van der Waals surface area (Å²) in [6, 6.07) is 0.602. The van der Waals surface area contributed by atoms with Gasteiger partial charge in [0.2, 0.25) is 0 Å². The SMILES string of the molecule is CC1CN(C)CCN1CC1CCCCCC1=O. The van der Waals surface area contributed by atoms with Gasteiger partial charge in [0.15, 0.2) is 0 Å². The smallest absolute Gasteiger partial charge is 0.137 e. The summed E-state index contributed by atoms with van der Waals surface area (Å²) in [7, 11) is 2.19. The minimum Gasteiger partial charge on any atom is -0.304 e. The monoisotopic (exact) mass is 238 g/mol. The molecule has 0 aromatic rings. The largest absolute Gasteiger partial charge is 0.304 e. The lowest BCUT2D eigenvalue weighted by atomic mass is 9.97. The molecule has 3 heteroatoms. The third-order valence-electron chi connectivity index (χ3n) is 4.35. The molecule has 17 heavy (non-hydrogen) atoms. The summed E-state index contributed by atoms with van der Waals surface area (Å²) in [6.45, 7) is 6.71. The third kappa shape index (κ3) is 3.52. The Kier molecular flexibility index (Phi) is 4.57. The number of hydrogen-bond acceptors (Lipinski definition) is 3. The summed E-state index contributed by atoms with van der Waals surface area (Å²) >= 11 is 0. The Hall–Kier alpha value is -0.410. The maximum Gasteiger partial charge on any atom is 0.137 e. The molecule has 0 amide bonds. The molecular formula is C14H26N2O. The van der Waals surface area contributed by atoms with Crippen LogP contribution in [0.4, 0.5) is 0 Å². The van der Waals surface area contributed by atoms with Crippen molar-refractivity contribution in [2.75, 3.05) is 33.2 Å². The van der Waals surface area contributed by atoms with Gasteiger partial charge in [0.05, 0.1) is 0 Å². The average molecular weight is 238 g/mol. The van der Waals surface area contributed by atoms with Gasteiger partial charge in [-0.1, -0.05) is 12.8 Å². The van der Waals surface area contributed by atoms with Crippen LogP contribution in [0.3, 0.4) is 0 Å². The van der Waals surface area contributed by atoms with E-state index in [1.165, 1.54) is 12.8 Å². The van der Waals surface area contributed by atoms with Crippen molar-refractivity contribution < 1.29 is 4.79 Å². The van der Waals surface area contributed by atoms with Crippen LogP contribution in [0.25, 0.3) is 0 Å². The zero-order valence-electron chi connectivity index (χ0n) is 11.3. The summed E-state index contributed by atoms with van der Waals surface area (Å²) in [4.78, 5) is 16.9. The molecule has 2 rings (SSSR count). The van der Waals surface area contributed by atoms with Crippen LogP contribution in [0, 0.1) is 5.92 Å². The molecule has 0 aromatic carbocycles. The average Bonchev–Trinajstić information content (AvgIpc) is 2.48. The molecule has 0 radical (unpaired) electrons. The first-order valence-electron chi connectivity index (χ1n) is 7.12. The van der Waals surface area contributed by atoms with Crippen molar-refractivity contribution in [1.29, 1.82) is 0 Å². The Labute approximate surface area is 105 Å². The first kappa shape index (κ1) is 13.0. The van der Waals surface area contributed by atoms with E-state index in [4.69, 9.17) is 0 Å². The maximum atomic E-state index is 12.0. The van der Waals surface area contributed by atoms with Gasteiger partial charge in [-0.3, -0.25) is 9.69 Å². The van der Waals surface area contributed by atoms with Crippen molar-refractivity contribution in [2.24, 2.45) is 5.92 Å². The summed E-state index contributed by atoms with van der Waals surface area (Å²) < 4.78 is 0. The van der Waals surface area contributed by atoms with E-state index in [2.05, 4.69) is 23.8 Å². The molecule has 98 valence electrons. The van der Waals surface area contributed by atoms with E-state index in [1.54, 1.807) is 0 Å². The lowest BCUT2D eigenvalue weighted by Gasteiger charge is -2.39. The highest BCUT2D eigenvalue weighted by atomic mass is 16.1. The zero-order valence-corrected chi connectivity index (χ0v) is 11.3. The van der Waals surface area contributed by atoms with E-state index in [0.717, 1.165) is 45.4 Å². The molecule has 1 aliphatic heterocycles. The van der Waals surface area contributed by atoms with E-state index < -0.39 is 0 Å². The van der Waals surface area contributed by atoms with Crippen molar-refractivity contribution in [3.8, 4) is 0 Å². The van der Waals surface area contributed by atoms with E-state index in [-0.39, 0.29) is 0 Å². The summed E-state index contributed by atoms with van der Waals surface area (Å²) in [5.41, 5.74) is 0. The molecule has 0 N–H and O–H groups in total. The van der Waals surface area contributed by atoms with E-state index in [1.807, 2.05) is 0 Å². The van der Waals surface area contributed by atoms with Crippen LogP contribution in [0.2, 0.25) is 0 Å². The fourth-order valence-corrected chi connectivity index (χ4v) is 3.16. The molecule has 1 heterocycles. The predicted molar refractivity (Wildman–Crippen MR) is 70.1 cm³/mol. The van der Waals surface area contributed by atoms with Gasteiger partial charge in [-0.15, -0.1) is 0 Å². The number of nitrogens with zero attached hydrogens (tertiary/aromatic N) is 2. The molecule has 2 unspecified atom stereocenters. The van der Waals surface area contributed by atoms with Gasteiger partial charge in [-0.2, -0.15) is 0 Å². The number of hydrogen-bond donors (Lipinski definition) is 0. The van der Waals surface area contributed by atoms with Crippen molar-refractivity contribution in [3.63, 3.8) is 0 Å². The highest BCUT2D eigenvalue weighted by Crippen LogP contribution is 2.22. The van der Waals surface area contributed by atoms with Crippen LogP contribution in [0.1, 0.15) is 39.0 Å². The number of rotatable bonds is 2. The molecule has 1 aliphatic carbocycles. The normalized spacial score (nSPS) is 33.6. The lowest BCUT2D eigenvalue weighted by Crippen LogP contribution is -2.52. The van der Waals surface area contributed by atoms with Gasteiger partial charge in [-0.25, -0.2) is 0 Å². The van der Waals surface area contributed by atoms with Crippen molar-refractivity contribution in [1.82, 2.24) is 9.80 Å². The third-order valence-corrected chi connectivity index (χ3v) is 4.35. The topological polar surface area (TPSA) is 23.6 Å². The van der Waals surface area contributed by atoms with E-state index in [9.17, 15) is 4.79 Å². The minimum absolute atomic E-state index is 0.323. The zero-order chi connectivity index (χ0) is 12.3. The molecule has 2 atom stereocenters. The van der Waals surface area contributed by atoms with Gasteiger partial charge < -0.3 is 4.90 Å². The number of carbonyl (C=O) groups is 1. The highest BCUT2D eigenvalue weighted by Gasteiger charge is 2.27. The van der Waals surface area contributed by atoms with E-state index in [0.29, 0.717) is 17.7 Å². The predicted octanol–water partition coefficient (Wildman–Crippen LogP) is 1.77. The molecule has 2 fully saturated rings. The summed E-state index contributed by atoms with van der Waals surface area (Å²) in [5.74, 6) is 0.844. The van der Waals surface area contributed by atoms with Crippen LogP contribution < -0.4 is 0 Å². The second-order valence-electron chi connectivity index (χ2n) is 5.87. The molecule has 0 aromatic heterocycles. The number of Topliss-reactive ketones (excluding diaryl/α,β-unsaturated/α-hetero) is 1. The first-order valence-corrected chi connectivity index (χ1v) is 7.12. The van der Waals surface area contributed by atoms with Gasteiger partial charge >= 0.3 is 0 Å². The van der Waals surface area contributed by atoms with Crippen molar-refractivity contribution in [2.45, 2.75) is 45.1 Å². The number of ketones is 1. The van der Waals surface area contributed by atoms with Gasteiger partial charge in [-0.05, 0) is 26.8 Å². The summed E-state index contributed by atoms with van der Waals surface area (Å²) in [5, 5.41) is 0. The Morgan fingerprint density at radius 2 is 2.06 bits per heavy atom. The molecule has 1 saturated heterocycles. The second-order valence-corrected chi connectivity index (χ2v) is 5.87. The van der Waals surface area contributed by atoms with E-state index >= 15 is 0 Å². The lowest BCUT2D eigenvalue weighted by molar-refractivity contribution is -0.123. The molecule has 0 bridgehead atoms. The second kappa shape index (κ2) is 5.96. The van der Waals surface area contributed by atoms with Crippen molar-refractivity contribution in [3.05, 3.63) is 0 Å².